The molecule has 29 heavy (non-hydrogen) atoms. The predicted molar refractivity (Wildman–Crippen MR) is 104 cm³/mol. The minimum atomic E-state index is -1.27. The van der Waals surface area contributed by atoms with Gasteiger partial charge in [-0.25, -0.2) is 9.97 Å². The van der Waals surface area contributed by atoms with Gasteiger partial charge in [0.15, 0.2) is 6.23 Å². The van der Waals surface area contributed by atoms with Gasteiger partial charge in [0.2, 0.25) is 0 Å². The lowest BCUT2D eigenvalue weighted by Crippen LogP contribution is -2.34. The number of hydrogen-bond donors (Lipinski definition) is 3. The maximum Gasteiger partial charge on any atom is 0.164 e. The highest BCUT2D eigenvalue weighted by atomic mass is 16.6. The molecule has 3 aromatic heterocycles. The number of aliphatic hydroxyl groups excluding tert-OH is 3. The summed E-state index contributed by atoms with van der Waals surface area (Å²) in [5.41, 5.74) is 2.84. The van der Waals surface area contributed by atoms with Gasteiger partial charge in [-0.15, -0.1) is 0 Å². The zero-order valence-electron chi connectivity index (χ0n) is 15.9. The molecule has 9 heteroatoms. The number of nitrogens with zero attached hydrogens (tertiary/aromatic N) is 5. The number of aliphatic hydroxyl groups is 3. The average molecular weight is 395 g/mol. The summed E-state index contributed by atoms with van der Waals surface area (Å²) < 4.78 is 9.32. The van der Waals surface area contributed by atoms with Crippen molar-refractivity contribution in [2.45, 2.75) is 37.6 Å². The lowest BCUT2D eigenvalue weighted by molar-refractivity contribution is -0.0848. The molecule has 0 amide bonds. The van der Waals surface area contributed by atoms with E-state index in [-0.39, 0.29) is 0 Å². The fraction of sp³-hybridized carbons (Fsp3) is 0.350. The maximum absolute atomic E-state index is 10.9. The number of benzene rings is 1. The van der Waals surface area contributed by atoms with Crippen LogP contribution in [0.15, 0.2) is 43.0 Å². The highest BCUT2D eigenvalue weighted by Gasteiger charge is 2.47. The zero-order chi connectivity index (χ0) is 20.3. The fourth-order valence-corrected chi connectivity index (χ4v) is 4.01. The summed E-state index contributed by atoms with van der Waals surface area (Å²) in [5.74, 6) is 0. The number of hydrogen-bond acceptors (Lipinski definition) is 7. The Balaban J connectivity index is 1.48. The Hall–Kier alpha value is -2.85. The van der Waals surface area contributed by atoms with Crippen molar-refractivity contribution in [2.24, 2.45) is 7.05 Å². The van der Waals surface area contributed by atoms with Gasteiger partial charge in [0, 0.05) is 24.0 Å². The number of ether oxygens (including phenoxy) is 1. The predicted octanol–water partition coefficient (Wildman–Crippen LogP) is 0.979. The number of aromatic nitrogens is 5. The molecule has 1 aromatic carbocycles. The fourth-order valence-electron chi connectivity index (χ4n) is 4.01. The van der Waals surface area contributed by atoms with Crippen molar-refractivity contribution in [1.82, 2.24) is 24.3 Å². The second kappa shape index (κ2) is 6.60. The first-order chi connectivity index (χ1) is 14.0. The standard InChI is InChI=1S/C20H21N5O4/c1-10-13-5-6-25(19(13)22-9-21-10)20-17(28)16(27)18(29-20)15(26)11-3-4-12-8-23-24(2)14(12)7-11/h3-9,15-18,20,26-28H,1-2H3/t15-,16+,17-,18-,20-/m1/s1. The zero-order valence-corrected chi connectivity index (χ0v) is 15.9. The number of rotatable bonds is 3. The smallest absolute Gasteiger partial charge is 0.164 e. The number of fused-ring (bicyclic) bond motifs is 2. The molecule has 5 rings (SSSR count). The minimum Gasteiger partial charge on any atom is -0.387 e. The lowest BCUT2D eigenvalue weighted by atomic mass is 9.98. The first-order valence-corrected chi connectivity index (χ1v) is 9.35. The molecule has 0 saturated carbocycles. The van der Waals surface area contributed by atoms with Crippen molar-refractivity contribution in [2.75, 3.05) is 0 Å². The molecule has 1 aliphatic heterocycles. The van der Waals surface area contributed by atoms with E-state index in [2.05, 4.69) is 15.1 Å². The van der Waals surface area contributed by atoms with Crippen LogP contribution < -0.4 is 0 Å². The summed E-state index contributed by atoms with van der Waals surface area (Å²) in [6, 6.07) is 7.28. The molecule has 0 spiro atoms. The molecular formula is C20H21N5O4. The molecule has 9 nitrogen and oxygen atoms in total. The van der Waals surface area contributed by atoms with Gasteiger partial charge >= 0.3 is 0 Å². The summed E-state index contributed by atoms with van der Waals surface area (Å²) in [5, 5.41) is 38.2. The third kappa shape index (κ3) is 2.74. The molecule has 1 aliphatic rings. The van der Waals surface area contributed by atoms with Crippen LogP contribution in [0.3, 0.4) is 0 Å². The molecular weight excluding hydrogens is 374 g/mol. The number of aryl methyl sites for hydroxylation is 2. The Labute approximate surface area is 165 Å². The van der Waals surface area contributed by atoms with Gasteiger partial charge < -0.3 is 24.6 Å². The van der Waals surface area contributed by atoms with Crippen LogP contribution in [0, 0.1) is 6.92 Å². The Bertz CT molecular complexity index is 1200. The van der Waals surface area contributed by atoms with Crippen molar-refractivity contribution in [3.05, 3.63) is 54.2 Å². The van der Waals surface area contributed by atoms with Crippen LogP contribution in [0.25, 0.3) is 21.9 Å². The molecule has 4 heterocycles. The molecule has 0 radical (unpaired) electrons. The van der Waals surface area contributed by atoms with Gasteiger partial charge in [-0.2, -0.15) is 5.10 Å². The summed E-state index contributed by atoms with van der Waals surface area (Å²) in [7, 11) is 1.82. The summed E-state index contributed by atoms with van der Waals surface area (Å²) in [6.07, 6.45) is -0.559. The molecule has 5 atom stereocenters. The Morgan fingerprint density at radius 2 is 1.97 bits per heavy atom. The molecule has 1 saturated heterocycles. The molecule has 1 fully saturated rings. The minimum absolute atomic E-state index is 0.577. The average Bonchev–Trinajstić information content (AvgIpc) is 3.39. The van der Waals surface area contributed by atoms with E-state index < -0.39 is 30.6 Å². The summed E-state index contributed by atoms with van der Waals surface area (Å²) >= 11 is 0. The maximum atomic E-state index is 10.9. The second-order valence-electron chi connectivity index (χ2n) is 7.42. The van der Waals surface area contributed by atoms with E-state index in [0.717, 1.165) is 22.0 Å². The van der Waals surface area contributed by atoms with E-state index in [0.29, 0.717) is 11.2 Å². The quantitative estimate of drug-likeness (QED) is 0.473. The Morgan fingerprint density at radius 1 is 1.14 bits per heavy atom. The third-order valence-electron chi connectivity index (χ3n) is 5.68. The molecule has 4 aromatic rings. The van der Waals surface area contributed by atoms with E-state index in [4.69, 9.17) is 4.74 Å². The molecule has 150 valence electrons. The van der Waals surface area contributed by atoms with E-state index in [1.54, 1.807) is 27.7 Å². The van der Waals surface area contributed by atoms with Crippen LogP contribution in [0.5, 0.6) is 0 Å². The van der Waals surface area contributed by atoms with Crippen molar-refractivity contribution in [3.63, 3.8) is 0 Å². The lowest BCUT2D eigenvalue weighted by Gasteiger charge is -2.21. The van der Waals surface area contributed by atoms with E-state index in [9.17, 15) is 15.3 Å². The highest BCUT2D eigenvalue weighted by Crippen LogP contribution is 2.38. The largest absolute Gasteiger partial charge is 0.387 e. The Morgan fingerprint density at radius 3 is 2.79 bits per heavy atom. The Kier molecular flexibility index (Phi) is 4.14. The van der Waals surface area contributed by atoms with Gasteiger partial charge in [-0.1, -0.05) is 12.1 Å². The highest BCUT2D eigenvalue weighted by molar-refractivity contribution is 5.79. The van der Waals surface area contributed by atoms with Crippen LogP contribution in [0.4, 0.5) is 0 Å². The molecule has 3 N–H and O–H groups in total. The van der Waals surface area contributed by atoms with Gasteiger partial charge in [-0.05, 0) is 24.6 Å². The molecule has 0 bridgehead atoms. The van der Waals surface area contributed by atoms with Crippen LogP contribution in [0.2, 0.25) is 0 Å². The van der Waals surface area contributed by atoms with Crippen molar-refractivity contribution in [3.8, 4) is 0 Å². The van der Waals surface area contributed by atoms with E-state index in [1.807, 2.05) is 32.2 Å². The van der Waals surface area contributed by atoms with Crippen molar-refractivity contribution < 1.29 is 20.1 Å². The van der Waals surface area contributed by atoms with Crippen LogP contribution >= 0.6 is 0 Å². The monoisotopic (exact) mass is 395 g/mol. The first kappa shape index (κ1) is 18.2. The van der Waals surface area contributed by atoms with Gasteiger partial charge in [0.05, 0.1) is 17.4 Å². The van der Waals surface area contributed by atoms with Crippen LogP contribution in [-0.2, 0) is 11.8 Å². The van der Waals surface area contributed by atoms with E-state index >= 15 is 0 Å². The van der Waals surface area contributed by atoms with E-state index in [1.165, 1.54) is 6.33 Å². The van der Waals surface area contributed by atoms with Gasteiger partial charge in [0.25, 0.3) is 0 Å². The van der Waals surface area contributed by atoms with Gasteiger partial charge in [0.1, 0.15) is 36.4 Å². The van der Waals surface area contributed by atoms with Crippen molar-refractivity contribution in [1.29, 1.82) is 0 Å². The van der Waals surface area contributed by atoms with Gasteiger partial charge in [-0.3, -0.25) is 4.68 Å². The topological polar surface area (TPSA) is 118 Å². The normalized spacial score (nSPS) is 25.8. The summed E-state index contributed by atoms with van der Waals surface area (Å²) in [4.78, 5) is 8.45. The summed E-state index contributed by atoms with van der Waals surface area (Å²) in [6.45, 7) is 1.87. The second-order valence-corrected chi connectivity index (χ2v) is 7.42. The van der Waals surface area contributed by atoms with Crippen LogP contribution in [-0.4, -0.2) is 57.9 Å². The molecule has 0 aliphatic carbocycles. The SMILES string of the molecule is Cc1ncnc2c1ccn2[C@@H]1O[C@H]([C@H](O)c2ccc3cnn(C)c3c2)[C@@H](O)[C@H]1O. The van der Waals surface area contributed by atoms with Crippen molar-refractivity contribution >= 4 is 21.9 Å². The van der Waals surface area contributed by atoms with Crippen LogP contribution in [0.1, 0.15) is 23.6 Å². The molecule has 0 unspecified atom stereocenters. The first-order valence-electron chi connectivity index (χ1n) is 9.35. The third-order valence-corrected chi connectivity index (χ3v) is 5.68.